The quantitative estimate of drug-likeness (QED) is 0.758. The first kappa shape index (κ1) is 19.5. The van der Waals surface area contributed by atoms with Crippen LogP contribution in [0, 0.1) is 11.3 Å². The molecule has 0 bridgehead atoms. The van der Waals surface area contributed by atoms with E-state index in [2.05, 4.69) is 42.4 Å². The Morgan fingerprint density at radius 3 is 2.93 bits per heavy atom. The third kappa shape index (κ3) is 4.71. The second-order valence-electron chi connectivity index (χ2n) is 8.55. The Labute approximate surface area is 161 Å². The predicted molar refractivity (Wildman–Crippen MR) is 107 cm³/mol. The zero-order valence-electron chi connectivity index (χ0n) is 16.9. The molecule has 0 radical (unpaired) electrons. The van der Waals surface area contributed by atoms with E-state index in [0.29, 0.717) is 18.2 Å². The Balaban J connectivity index is 1.54. The van der Waals surface area contributed by atoms with E-state index < -0.39 is 0 Å². The number of ether oxygens (including phenoxy) is 1. The van der Waals surface area contributed by atoms with E-state index in [1.165, 1.54) is 5.56 Å². The highest BCUT2D eigenvalue weighted by Crippen LogP contribution is 2.37. The molecule has 27 heavy (non-hydrogen) atoms. The van der Waals surface area contributed by atoms with Gasteiger partial charge in [-0.2, -0.15) is 5.10 Å². The Bertz CT molecular complexity index is 789. The molecule has 2 aromatic rings. The number of hydrogen-bond donors (Lipinski definition) is 2. The van der Waals surface area contributed by atoms with Gasteiger partial charge in [0.25, 0.3) is 5.91 Å². The topological polar surface area (TPSA) is 67.0 Å². The molecule has 1 unspecified atom stereocenters. The zero-order chi connectivity index (χ0) is 19.4. The molecule has 1 aliphatic carbocycles. The molecule has 5 nitrogen and oxygen atoms in total. The largest absolute Gasteiger partial charge is 0.497 e. The minimum absolute atomic E-state index is 0.0623. The fraction of sp³-hybridized carbons (Fsp3) is 0.545. The van der Waals surface area contributed by atoms with Crippen LogP contribution in [0.15, 0.2) is 24.3 Å². The maximum atomic E-state index is 12.6. The Hall–Kier alpha value is -2.30. The van der Waals surface area contributed by atoms with Crippen molar-refractivity contribution in [1.82, 2.24) is 15.5 Å². The molecular weight excluding hydrogens is 338 g/mol. The van der Waals surface area contributed by atoms with Crippen molar-refractivity contribution in [3.8, 4) is 5.75 Å². The number of methoxy groups -OCH3 is 1. The van der Waals surface area contributed by atoms with E-state index in [-0.39, 0.29) is 11.3 Å². The summed E-state index contributed by atoms with van der Waals surface area (Å²) in [6.45, 7) is 7.48. The summed E-state index contributed by atoms with van der Waals surface area (Å²) in [6.07, 6.45) is 4.86. The number of carbonyl (C=O) groups excluding carboxylic acids is 1. The van der Waals surface area contributed by atoms with Gasteiger partial charge in [0.2, 0.25) is 0 Å². The molecule has 1 aromatic heterocycles. The fourth-order valence-corrected chi connectivity index (χ4v) is 3.83. The molecule has 146 valence electrons. The number of aromatic nitrogens is 2. The summed E-state index contributed by atoms with van der Waals surface area (Å²) in [5.74, 6) is 1.39. The van der Waals surface area contributed by atoms with Crippen LogP contribution in [0.5, 0.6) is 5.75 Å². The highest BCUT2D eigenvalue weighted by Gasteiger charge is 2.32. The number of amides is 1. The van der Waals surface area contributed by atoms with E-state index >= 15 is 0 Å². The molecule has 5 heteroatoms. The van der Waals surface area contributed by atoms with Crippen LogP contribution >= 0.6 is 0 Å². The number of nitrogens with zero attached hydrogens (tertiary/aromatic N) is 1. The highest BCUT2D eigenvalue weighted by molar-refractivity contribution is 5.94. The number of hydrogen-bond acceptors (Lipinski definition) is 3. The lowest BCUT2D eigenvalue weighted by molar-refractivity contribution is 0.0946. The van der Waals surface area contributed by atoms with E-state index in [1.807, 2.05) is 18.2 Å². The SMILES string of the molecule is COc1cccc(CCCNC(=O)c2n[nH]c3c2CC(C(C)(C)C)CC3)c1. The number of fused-ring (bicyclic) bond motifs is 1. The Morgan fingerprint density at radius 1 is 1.37 bits per heavy atom. The molecule has 1 aliphatic rings. The van der Waals surface area contributed by atoms with Crippen molar-refractivity contribution >= 4 is 5.91 Å². The second-order valence-corrected chi connectivity index (χ2v) is 8.55. The number of benzene rings is 1. The maximum absolute atomic E-state index is 12.6. The molecule has 1 atom stereocenters. The number of H-pyrrole nitrogens is 1. The van der Waals surface area contributed by atoms with Gasteiger partial charge in [-0.05, 0) is 61.1 Å². The van der Waals surface area contributed by atoms with Gasteiger partial charge < -0.3 is 10.1 Å². The van der Waals surface area contributed by atoms with Crippen molar-refractivity contribution in [2.75, 3.05) is 13.7 Å². The Morgan fingerprint density at radius 2 is 2.19 bits per heavy atom. The summed E-state index contributed by atoms with van der Waals surface area (Å²) >= 11 is 0. The molecule has 3 rings (SSSR count). The van der Waals surface area contributed by atoms with Crippen molar-refractivity contribution in [3.63, 3.8) is 0 Å². The van der Waals surface area contributed by atoms with Gasteiger partial charge >= 0.3 is 0 Å². The predicted octanol–water partition coefficient (Wildman–Crippen LogP) is 3.93. The lowest BCUT2D eigenvalue weighted by atomic mass is 9.71. The molecule has 1 aromatic carbocycles. The number of aryl methyl sites for hydroxylation is 2. The smallest absolute Gasteiger partial charge is 0.272 e. The molecule has 0 saturated carbocycles. The third-order valence-electron chi connectivity index (χ3n) is 5.65. The minimum Gasteiger partial charge on any atom is -0.497 e. The van der Waals surface area contributed by atoms with Gasteiger partial charge in [-0.1, -0.05) is 32.9 Å². The van der Waals surface area contributed by atoms with Crippen LogP contribution in [0.25, 0.3) is 0 Å². The monoisotopic (exact) mass is 369 g/mol. The van der Waals surface area contributed by atoms with Crippen molar-refractivity contribution in [3.05, 3.63) is 46.8 Å². The molecule has 0 aliphatic heterocycles. The normalized spacial score (nSPS) is 16.7. The Kier molecular flexibility index (Phi) is 5.88. The van der Waals surface area contributed by atoms with Gasteiger partial charge in [0.05, 0.1) is 7.11 Å². The molecule has 0 spiro atoms. The van der Waals surface area contributed by atoms with Crippen LogP contribution in [0.1, 0.15) is 60.9 Å². The summed E-state index contributed by atoms with van der Waals surface area (Å²) in [7, 11) is 1.67. The van der Waals surface area contributed by atoms with Crippen LogP contribution in [-0.2, 0) is 19.3 Å². The summed E-state index contributed by atoms with van der Waals surface area (Å²) in [5.41, 5.74) is 4.30. The fourth-order valence-electron chi connectivity index (χ4n) is 3.83. The first-order chi connectivity index (χ1) is 12.9. The van der Waals surface area contributed by atoms with Gasteiger partial charge in [0.1, 0.15) is 5.75 Å². The van der Waals surface area contributed by atoms with Gasteiger partial charge in [-0.3, -0.25) is 9.89 Å². The first-order valence-corrected chi connectivity index (χ1v) is 9.85. The average molecular weight is 370 g/mol. The number of rotatable bonds is 6. The number of carbonyl (C=O) groups is 1. The molecule has 1 heterocycles. The lowest BCUT2D eigenvalue weighted by Gasteiger charge is -2.33. The lowest BCUT2D eigenvalue weighted by Crippen LogP contribution is -2.30. The van der Waals surface area contributed by atoms with Gasteiger partial charge in [0, 0.05) is 17.8 Å². The summed E-state index contributed by atoms with van der Waals surface area (Å²) in [4.78, 5) is 12.6. The van der Waals surface area contributed by atoms with Crippen molar-refractivity contribution in [2.45, 2.75) is 52.9 Å². The molecule has 2 N–H and O–H groups in total. The van der Waals surface area contributed by atoms with E-state index in [9.17, 15) is 4.79 Å². The van der Waals surface area contributed by atoms with Crippen LogP contribution in [0.4, 0.5) is 0 Å². The van der Waals surface area contributed by atoms with E-state index in [1.54, 1.807) is 7.11 Å². The van der Waals surface area contributed by atoms with Crippen molar-refractivity contribution in [1.29, 1.82) is 0 Å². The summed E-state index contributed by atoms with van der Waals surface area (Å²) in [6, 6.07) is 8.06. The van der Waals surface area contributed by atoms with Crippen molar-refractivity contribution in [2.24, 2.45) is 11.3 Å². The van der Waals surface area contributed by atoms with Crippen LogP contribution in [0.2, 0.25) is 0 Å². The molecular formula is C22H31N3O2. The van der Waals surface area contributed by atoms with E-state index in [4.69, 9.17) is 4.74 Å². The van der Waals surface area contributed by atoms with Crippen LogP contribution in [0.3, 0.4) is 0 Å². The van der Waals surface area contributed by atoms with Crippen LogP contribution < -0.4 is 10.1 Å². The standard InChI is InChI=1S/C22H31N3O2/c1-22(2,3)16-10-11-19-18(14-16)20(25-24-19)21(26)23-12-6-8-15-7-5-9-17(13-15)27-4/h5,7,9,13,16H,6,8,10-12,14H2,1-4H3,(H,23,26)(H,24,25). The zero-order valence-corrected chi connectivity index (χ0v) is 16.9. The van der Waals surface area contributed by atoms with Gasteiger partial charge in [-0.15, -0.1) is 0 Å². The number of aromatic amines is 1. The van der Waals surface area contributed by atoms with Gasteiger partial charge in [-0.25, -0.2) is 0 Å². The van der Waals surface area contributed by atoms with Gasteiger partial charge in [0.15, 0.2) is 5.69 Å². The highest BCUT2D eigenvalue weighted by atomic mass is 16.5. The number of nitrogens with one attached hydrogen (secondary N) is 2. The van der Waals surface area contributed by atoms with E-state index in [0.717, 1.165) is 49.1 Å². The molecule has 1 amide bonds. The summed E-state index contributed by atoms with van der Waals surface area (Å²) < 4.78 is 5.25. The maximum Gasteiger partial charge on any atom is 0.272 e. The third-order valence-corrected chi connectivity index (χ3v) is 5.65. The van der Waals surface area contributed by atoms with Crippen LogP contribution in [-0.4, -0.2) is 29.8 Å². The van der Waals surface area contributed by atoms with Crippen molar-refractivity contribution < 1.29 is 9.53 Å². The first-order valence-electron chi connectivity index (χ1n) is 9.85. The molecule has 0 fully saturated rings. The molecule has 0 saturated heterocycles. The summed E-state index contributed by atoms with van der Waals surface area (Å²) in [5, 5.41) is 10.4. The second kappa shape index (κ2) is 8.15. The minimum atomic E-state index is -0.0623. The average Bonchev–Trinajstić information content (AvgIpc) is 3.08.